The van der Waals surface area contributed by atoms with Crippen LogP contribution in [0.4, 0.5) is 5.69 Å². The second-order valence-electron chi connectivity index (χ2n) is 6.93. The van der Waals surface area contributed by atoms with E-state index in [0.717, 1.165) is 12.8 Å². The monoisotopic (exact) mass is 397 g/mol. The number of amides is 2. The van der Waals surface area contributed by atoms with Crippen LogP contribution in [0.3, 0.4) is 0 Å². The predicted octanol–water partition coefficient (Wildman–Crippen LogP) is 2.78. The van der Waals surface area contributed by atoms with E-state index in [1.165, 1.54) is 14.2 Å². The van der Waals surface area contributed by atoms with E-state index in [4.69, 9.17) is 9.47 Å². The molecule has 0 saturated carbocycles. The molecule has 7 nitrogen and oxygen atoms in total. The normalized spacial score (nSPS) is 14.4. The van der Waals surface area contributed by atoms with E-state index in [1.54, 1.807) is 36.4 Å². The summed E-state index contributed by atoms with van der Waals surface area (Å²) < 4.78 is 10.7. The number of likely N-dealkylation sites (tertiary alicyclic amines) is 1. The molecule has 1 heterocycles. The Morgan fingerprint density at radius 1 is 1.00 bits per heavy atom. The molecule has 2 amide bonds. The van der Waals surface area contributed by atoms with E-state index in [0.29, 0.717) is 47.4 Å². The first-order valence-corrected chi connectivity index (χ1v) is 9.66. The molecular formula is C22H27N3O4. The quantitative estimate of drug-likeness (QED) is 0.784. The lowest BCUT2D eigenvalue weighted by Gasteiger charge is -2.32. The molecule has 1 fully saturated rings. The summed E-state index contributed by atoms with van der Waals surface area (Å²) in [4.78, 5) is 27.8. The number of hydrogen-bond acceptors (Lipinski definition) is 5. The van der Waals surface area contributed by atoms with Crippen LogP contribution in [0, 0.1) is 0 Å². The number of hydrogen-bond donors (Lipinski definition) is 2. The van der Waals surface area contributed by atoms with Gasteiger partial charge >= 0.3 is 0 Å². The van der Waals surface area contributed by atoms with E-state index in [-0.39, 0.29) is 11.8 Å². The van der Waals surface area contributed by atoms with Crippen molar-refractivity contribution in [2.24, 2.45) is 0 Å². The van der Waals surface area contributed by atoms with Crippen LogP contribution in [0.15, 0.2) is 42.5 Å². The zero-order valence-corrected chi connectivity index (χ0v) is 17.0. The van der Waals surface area contributed by atoms with Gasteiger partial charge in [0.2, 0.25) is 0 Å². The Bertz CT molecular complexity index is 862. The van der Waals surface area contributed by atoms with Crippen LogP contribution in [0.5, 0.6) is 11.5 Å². The van der Waals surface area contributed by atoms with E-state index < -0.39 is 0 Å². The van der Waals surface area contributed by atoms with Crippen molar-refractivity contribution in [2.45, 2.75) is 18.9 Å². The molecule has 1 saturated heterocycles. The molecule has 0 unspecified atom stereocenters. The Morgan fingerprint density at radius 3 is 2.21 bits per heavy atom. The Morgan fingerprint density at radius 2 is 1.62 bits per heavy atom. The van der Waals surface area contributed by atoms with Gasteiger partial charge in [-0.3, -0.25) is 9.59 Å². The number of piperidine rings is 1. The van der Waals surface area contributed by atoms with Crippen LogP contribution in [0.25, 0.3) is 0 Å². The van der Waals surface area contributed by atoms with Gasteiger partial charge in [-0.05, 0) is 38.1 Å². The highest BCUT2D eigenvalue weighted by Crippen LogP contribution is 2.34. The number of benzene rings is 2. The number of nitrogens with zero attached hydrogens (tertiary/aromatic N) is 1. The molecule has 0 aromatic heterocycles. The summed E-state index contributed by atoms with van der Waals surface area (Å²) in [5.74, 6) is 0.463. The van der Waals surface area contributed by atoms with Crippen LogP contribution in [-0.2, 0) is 0 Å². The van der Waals surface area contributed by atoms with Crippen LogP contribution in [0.1, 0.15) is 33.6 Å². The van der Waals surface area contributed by atoms with Gasteiger partial charge in [-0.1, -0.05) is 18.2 Å². The highest BCUT2D eigenvalue weighted by atomic mass is 16.5. The smallest absolute Gasteiger partial charge is 0.256 e. The molecule has 0 aliphatic carbocycles. The third-order valence-corrected chi connectivity index (χ3v) is 5.23. The number of carbonyl (C=O) groups excluding carboxylic acids is 2. The summed E-state index contributed by atoms with van der Waals surface area (Å²) in [5, 5.41) is 6.12. The fourth-order valence-electron chi connectivity index (χ4n) is 3.48. The summed E-state index contributed by atoms with van der Waals surface area (Å²) >= 11 is 0. The summed E-state index contributed by atoms with van der Waals surface area (Å²) in [6, 6.07) is 12.6. The molecule has 2 aromatic carbocycles. The molecule has 0 radical (unpaired) electrons. The first-order valence-electron chi connectivity index (χ1n) is 9.66. The maximum Gasteiger partial charge on any atom is 0.256 e. The van der Waals surface area contributed by atoms with Crippen molar-refractivity contribution in [1.29, 1.82) is 0 Å². The summed E-state index contributed by atoms with van der Waals surface area (Å²) in [6.07, 6.45) is 1.78. The second-order valence-corrected chi connectivity index (χ2v) is 6.93. The van der Waals surface area contributed by atoms with Crippen molar-refractivity contribution in [3.8, 4) is 11.5 Å². The molecule has 2 N–H and O–H groups in total. The number of methoxy groups -OCH3 is 2. The van der Waals surface area contributed by atoms with E-state index in [1.807, 2.05) is 18.0 Å². The van der Waals surface area contributed by atoms with Gasteiger partial charge < -0.3 is 25.0 Å². The number of ether oxygens (including phenoxy) is 2. The van der Waals surface area contributed by atoms with Crippen molar-refractivity contribution in [2.75, 3.05) is 39.7 Å². The van der Waals surface area contributed by atoms with Crippen molar-refractivity contribution in [3.05, 3.63) is 53.6 Å². The van der Waals surface area contributed by atoms with E-state index in [2.05, 4.69) is 10.6 Å². The van der Waals surface area contributed by atoms with Crippen LogP contribution < -0.4 is 20.1 Å². The SMILES string of the molecule is CNC1CCN(C(=O)c2cc(OC)c(OC)cc2NC(=O)c2ccccc2)CC1. The molecule has 3 rings (SSSR count). The van der Waals surface area contributed by atoms with E-state index >= 15 is 0 Å². The Balaban J connectivity index is 1.91. The first kappa shape index (κ1) is 20.7. The fraction of sp³-hybridized carbons (Fsp3) is 0.364. The average molecular weight is 397 g/mol. The summed E-state index contributed by atoms with van der Waals surface area (Å²) in [7, 11) is 4.98. The van der Waals surface area contributed by atoms with Gasteiger partial charge in [0.15, 0.2) is 11.5 Å². The lowest BCUT2D eigenvalue weighted by molar-refractivity contribution is 0.0708. The van der Waals surface area contributed by atoms with Crippen molar-refractivity contribution >= 4 is 17.5 Å². The second kappa shape index (κ2) is 9.43. The molecule has 0 spiro atoms. The van der Waals surface area contributed by atoms with Gasteiger partial charge in [-0.2, -0.15) is 0 Å². The third kappa shape index (κ3) is 4.68. The van der Waals surface area contributed by atoms with Gasteiger partial charge in [-0.15, -0.1) is 0 Å². The van der Waals surface area contributed by atoms with Crippen LogP contribution >= 0.6 is 0 Å². The van der Waals surface area contributed by atoms with Gasteiger partial charge in [0, 0.05) is 30.8 Å². The Hall–Kier alpha value is -3.06. The highest BCUT2D eigenvalue weighted by Gasteiger charge is 2.26. The van der Waals surface area contributed by atoms with Crippen molar-refractivity contribution in [1.82, 2.24) is 10.2 Å². The molecule has 1 aliphatic heterocycles. The van der Waals surface area contributed by atoms with Gasteiger partial charge in [-0.25, -0.2) is 0 Å². The topological polar surface area (TPSA) is 79.9 Å². The first-order chi connectivity index (χ1) is 14.1. The fourth-order valence-corrected chi connectivity index (χ4v) is 3.48. The van der Waals surface area contributed by atoms with Crippen LogP contribution in [-0.4, -0.2) is 57.1 Å². The van der Waals surface area contributed by atoms with Gasteiger partial charge in [0.05, 0.1) is 25.5 Å². The number of rotatable bonds is 6. The summed E-state index contributed by atoms with van der Waals surface area (Å²) in [6.45, 7) is 1.31. The number of carbonyl (C=O) groups is 2. The molecule has 1 aliphatic rings. The standard InChI is InChI=1S/C22H27N3O4/c1-23-16-9-11-25(12-10-16)22(27)17-13-19(28-2)20(29-3)14-18(17)24-21(26)15-7-5-4-6-8-15/h4-8,13-14,16,23H,9-12H2,1-3H3,(H,24,26). The van der Waals surface area contributed by atoms with Crippen LogP contribution in [0.2, 0.25) is 0 Å². The molecule has 0 atom stereocenters. The minimum absolute atomic E-state index is 0.135. The lowest BCUT2D eigenvalue weighted by atomic mass is 10.0. The minimum atomic E-state index is -0.291. The predicted molar refractivity (Wildman–Crippen MR) is 112 cm³/mol. The molecule has 154 valence electrons. The Kier molecular flexibility index (Phi) is 6.72. The Labute approximate surface area is 171 Å². The molecule has 0 bridgehead atoms. The third-order valence-electron chi connectivity index (χ3n) is 5.23. The maximum absolute atomic E-state index is 13.3. The van der Waals surface area contributed by atoms with E-state index in [9.17, 15) is 9.59 Å². The van der Waals surface area contributed by atoms with Gasteiger partial charge in [0.25, 0.3) is 11.8 Å². The minimum Gasteiger partial charge on any atom is -0.493 e. The summed E-state index contributed by atoms with van der Waals surface area (Å²) in [5.41, 5.74) is 1.29. The average Bonchev–Trinajstić information content (AvgIpc) is 2.78. The highest BCUT2D eigenvalue weighted by molar-refractivity contribution is 6.09. The zero-order chi connectivity index (χ0) is 20.8. The molecule has 7 heteroatoms. The van der Waals surface area contributed by atoms with Crippen molar-refractivity contribution < 1.29 is 19.1 Å². The van der Waals surface area contributed by atoms with Gasteiger partial charge in [0.1, 0.15) is 0 Å². The largest absolute Gasteiger partial charge is 0.493 e. The zero-order valence-electron chi connectivity index (χ0n) is 17.0. The maximum atomic E-state index is 13.3. The van der Waals surface area contributed by atoms with Crippen molar-refractivity contribution in [3.63, 3.8) is 0 Å². The number of anilines is 1. The lowest BCUT2D eigenvalue weighted by Crippen LogP contribution is -2.44. The molecule has 2 aromatic rings. The molecular weight excluding hydrogens is 370 g/mol. The number of nitrogens with one attached hydrogen (secondary N) is 2. The molecule has 29 heavy (non-hydrogen) atoms.